The number of thiocarbonyl (C=S) groups is 1. The van der Waals surface area contributed by atoms with Crippen LogP contribution in [-0.4, -0.2) is 60.0 Å². The molecule has 0 aliphatic carbocycles. The number of aromatic nitrogens is 2. The van der Waals surface area contributed by atoms with Gasteiger partial charge in [0.25, 0.3) is 0 Å². The monoisotopic (exact) mass is 432 g/mol. The normalized spacial score (nSPS) is 25.4. The van der Waals surface area contributed by atoms with E-state index in [1.807, 2.05) is 0 Å². The molecule has 0 amide bonds. The summed E-state index contributed by atoms with van der Waals surface area (Å²) in [5, 5.41) is 7.07. The highest BCUT2D eigenvalue weighted by molar-refractivity contribution is 7.80. The Kier molecular flexibility index (Phi) is 7.25. The molecule has 1 aromatic heterocycles. The zero-order valence-corrected chi connectivity index (χ0v) is 19.2. The predicted octanol–water partition coefficient (Wildman–Crippen LogP) is 3.56. The number of piperidine rings is 2. The topological polar surface area (TPSA) is 65.5 Å². The summed E-state index contributed by atoms with van der Waals surface area (Å²) in [6, 6.07) is 2.67. The second-order valence-electron chi connectivity index (χ2n) is 9.09. The summed E-state index contributed by atoms with van der Waals surface area (Å²) in [6.45, 7) is 9.36. The van der Waals surface area contributed by atoms with Crippen LogP contribution in [0.2, 0.25) is 0 Å². The first-order chi connectivity index (χ1) is 14.6. The molecule has 2 N–H and O–H groups in total. The Morgan fingerprint density at radius 3 is 2.60 bits per heavy atom. The summed E-state index contributed by atoms with van der Waals surface area (Å²) in [5.41, 5.74) is 0. The number of anilines is 3. The van der Waals surface area contributed by atoms with Gasteiger partial charge in [0.1, 0.15) is 11.6 Å². The molecule has 2 atom stereocenters. The van der Waals surface area contributed by atoms with Crippen molar-refractivity contribution in [2.45, 2.75) is 70.9 Å². The van der Waals surface area contributed by atoms with Crippen molar-refractivity contribution in [3.05, 3.63) is 6.07 Å². The molecule has 1 aromatic rings. The average Bonchev–Trinajstić information content (AvgIpc) is 3.27. The molecule has 4 rings (SSSR count). The van der Waals surface area contributed by atoms with Gasteiger partial charge in [0.15, 0.2) is 5.11 Å². The second-order valence-corrected chi connectivity index (χ2v) is 9.49. The van der Waals surface area contributed by atoms with Gasteiger partial charge in [0.2, 0.25) is 5.95 Å². The Balaban J connectivity index is 1.49. The molecule has 0 bridgehead atoms. The summed E-state index contributed by atoms with van der Waals surface area (Å²) < 4.78 is 5.68. The van der Waals surface area contributed by atoms with E-state index in [0.29, 0.717) is 17.1 Å². The van der Waals surface area contributed by atoms with Crippen molar-refractivity contribution in [1.82, 2.24) is 15.3 Å². The molecule has 3 saturated heterocycles. The lowest BCUT2D eigenvalue weighted by atomic mass is 9.99. The molecule has 0 unspecified atom stereocenters. The van der Waals surface area contributed by atoms with Crippen LogP contribution in [0.1, 0.15) is 58.8 Å². The van der Waals surface area contributed by atoms with Crippen LogP contribution in [0, 0.1) is 5.92 Å². The lowest BCUT2D eigenvalue weighted by Gasteiger charge is -2.36. The fourth-order valence-corrected chi connectivity index (χ4v) is 4.80. The average molecular weight is 433 g/mol. The van der Waals surface area contributed by atoms with Gasteiger partial charge in [0, 0.05) is 44.9 Å². The minimum atomic E-state index is 0.247. The van der Waals surface area contributed by atoms with Gasteiger partial charge < -0.3 is 25.2 Å². The van der Waals surface area contributed by atoms with Crippen LogP contribution in [0.25, 0.3) is 0 Å². The van der Waals surface area contributed by atoms with E-state index in [1.54, 1.807) is 0 Å². The van der Waals surface area contributed by atoms with Gasteiger partial charge >= 0.3 is 0 Å². The van der Waals surface area contributed by atoms with E-state index in [1.165, 1.54) is 32.1 Å². The summed E-state index contributed by atoms with van der Waals surface area (Å²) in [6.07, 6.45) is 8.61. The van der Waals surface area contributed by atoms with Crippen LogP contribution in [0.5, 0.6) is 0 Å². The van der Waals surface area contributed by atoms with E-state index in [9.17, 15) is 0 Å². The van der Waals surface area contributed by atoms with Crippen molar-refractivity contribution in [3.63, 3.8) is 0 Å². The predicted molar refractivity (Wildman–Crippen MR) is 126 cm³/mol. The van der Waals surface area contributed by atoms with Crippen LogP contribution < -0.4 is 20.4 Å². The van der Waals surface area contributed by atoms with Crippen LogP contribution in [0.4, 0.5) is 17.6 Å². The van der Waals surface area contributed by atoms with Gasteiger partial charge in [-0.2, -0.15) is 9.97 Å². The van der Waals surface area contributed by atoms with Crippen LogP contribution in [-0.2, 0) is 4.74 Å². The van der Waals surface area contributed by atoms with Crippen molar-refractivity contribution in [2.24, 2.45) is 5.92 Å². The molecule has 3 aliphatic rings. The van der Waals surface area contributed by atoms with E-state index in [4.69, 9.17) is 26.9 Å². The second kappa shape index (κ2) is 10.1. The molecule has 7 nitrogen and oxygen atoms in total. The first-order valence-electron chi connectivity index (χ1n) is 11.7. The maximum Gasteiger partial charge on any atom is 0.232 e. The third kappa shape index (κ3) is 5.52. The van der Waals surface area contributed by atoms with Gasteiger partial charge in [-0.25, -0.2) is 0 Å². The van der Waals surface area contributed by atoms with Crippen LogP contribution >= 0.6 is 12.2 Å². The first-order valence-corrected chi connectivity index (χ1v) is 12.1. The van der Waals surface area contributed by atoms with Crippen molar-refractivity contribution in [3.8, 4) is 0 Å². The Hall–Kier alpha value is -1.67. The lowest BCUT2D eigenvalue weighted by Crippen LogP contribution is -2.39. The van der Waals surface area contributed by atoms with Gasteiger partial charge in [-0.15, -0.1) is 0 Å². The number of nitrogens with zero attached hydrogens (tertiary/aromatic N) is 4. The summed E-state index contributed by atoms with van der Waals surface area (Å²) in [5.74, 6) is 3.39. The molecule has 3 fully saturated rings. The third-order valence-electron chi connectivity index (χ3n) is 6.64. The van der Waals surface area contributed by atoms with Crippen LogP contribution in [0.3, 0.4) is 0 Å². The Labute approximate surface area is 186 Å². The Bertz CT molecular complexity index is 718. The van der Waals surface area contributed by atoms with Crippen molar-refractivity contribution < 1.29 is 4.74 Å². The van der Waals surface area contributed by atoms with Gasteiger partial charge in [-0.05, 0) is 70.0 Å². The molecule has 0 radical (unpaired) electrons. The quantitative estimate of drug-likeness (QED) is 0.685. The minimum Gasteiger partial charge on any atom is -0.376 e. The Morgan fingerprint density at radius 1 is 1.07 bits per heavy atom. The zero-order chi connectivity index (χ0) is 20.9. The fourth-order valence-electron chi connectivity index (χ4n) is 4.62. The summed E-state index contributed by atoms with van der Waals surface area (Å²) >= 11 is 5.52. The molecule has 0 saturated carbocycles. The van der Waals surface area contributed by atoms with E-state index in [2.05, 4.69) is 40.3 Å². The van der Waals surface area contributed by atoms with Gasteiger partial charge in [0.05, 0.1) is 6.10 Å². The summed E-state index contributed by atoms with van der Waals surface area (Å²) in [4.78, 5) is 14.5. The number of hydrogen-bond acceptors (Lipinski definition) is 6. The van der Waals surface area contributed by atoms with Crippen LogP contribution in [0.15, 0.2) is 6.07 Å². The number of rotatable bonds is 5. The number of hydrogen-bond donors (Lipinski definition) is 2. The molecule has 8 heteroatoms. The van der Waals surface area contributed by atoms with Gasteiger partial charge in [-0.3, -0.25) is 0 Å². The van der Waals surface area contributed by atoms with E-state index in [0.717, 1.165) is 63.2 Å². The molecule has 3 aliphatic heterocycles. The molecule has 0 spiro atoms. The molecule has 166 valence electrons. The highest BCUT2D eigenvalue weighted by atomic mass is 32.1. The van der Waals surface area contributed by atoms with E-state index < -0.39 is 0 Å². The smallest absolute Gasteiger partial charge is 0.232 e. The first kappa shape index (κ1) is 21.6. The largest absolute Gasteiger partial charge is 0.376 e. The number of nitrogens with one attached hydrogen (secondary N) is 2. The third-order valence-corrected chi connectivity index (χ3v) is 6.89. The van der Waals surface area contributed by atoms with E-state index >= 15 is 0 Å². The SMILES string of the molecule is CC1CCN(c2cc(N3CCCC[C@H]3C)nc(NC(=S)NC[C@@H]3CCCO3)n2)CC1. The summed E-state index contributed by atoms with van der Waals surface area (Å²) in [7, 11) is 0. The lowest BCUT2D eigenvalue weighted by molar-refractivity contribution is 0.114. The molecular formula is C22H36N6OS. The highest BCUT2D eigenvalue weighted by Crippen LogP contribution is 2.29. The molecule has 4 heterocycles. The minimum absolute atomic E-state index is 0.247. The highest BCUT2D eigenvalue weighted by Gasteiger charge is 2.24. The van der Waals surface area contributed by atoms with E-state index in [-0.39, 0.29) is 6.10 Å². The number of ether oxygens (including phenoxy) is 1. The molecular weight excluding hydrogens is 396 g/mol. The Morgan fingerprint density at radius 2 is 1.87 bits per heavy atom. The molecule has 0 aromatic carbocycles. The van der Waals surface area contributed by atoms with Crippen molar-refractivity contribution in [2.75, 3.05) is 47.9 Å². The van der Waals surface area contributed by atoms with Crippen molar-refractivity contribution in [1.29, 1.82) is 0 Å². The fraction of sp³-hybridized carbons (Fsp3) is 0.773. The van der Waals surface area contributed by atoms with Gasteiger partial charge in [-0.1, -0.05) is 6.92 Å². The zero-order valence-electron chi connectivity index (χ0n) is 18.4. The standard InChI is InChI=1S/C22H36N6OS/c1-16-8-11-27(12-9-16)19-14-20(28-10-4-3-6-17(28)2)25-21(24-19)26-22(30)23-15-18-7-5-13-29-18/h14,16-18H,3-13,15H2,1-2H3,(H2,23,24,25,26,30)/t17-,18+/m1/s1. The molecule has 30 heavy (non-hydrogen) atoms. The maximum atomic E-state index is 5.68. The van der Waals surface area contributed by atoms with Crippen molar-refractivity contribution >= 4 is 34.9 Å². The maximum absolute atomic E-state index is 5.68.